The number of benzene rings is 1. The molecule has 2 amide bonds. The average Bonchev–Trinajstić information content (AvgIpc) is 2.63. The van der Waals surface area contributed by atoms with Crippen LogP contribution in [0.25, 0.3) is 0 Å². The highest BCUT2D eigenvalue weighted by molar-refractivity contribution is 5.94. The van der Waals surface area contributed by atoms with Gasteiger partial charge in [0.15, 0.2) is 0 Å². The molecule has 1 N–H and O–H groups in total. The number of hydrogen-bond acceptors (Lipinski definition) is 3. The van der Waals surface area contributed by atoms with E-state index in [1.807, 2.05) is 0 Å². The number of urea groups is 1. The lowest BCUT2D eigenvalue weighted by molar-refractivity contribution is 0.230. The number of nitrogens with one attached hydrogen (secondary N) is 1. The second kappa shape index (κ2) is 7.77. The summed E-state index contributed by atoms with van der Waals surface area (Å²) in [6.45, 7) is 4.38. The Hall–Kier alpha value is -1.91. The van der Waals surface area contributed by atoms with Gasteiger partial charge in [0.1, 0.15) is 0 Å². The first-order valence-corrected chi connectivity index (χ1v) is 9.27. The molecule has 2 saturated heterocycles. The molecule has 1 aromatic rings. The third-order valence-electron chi connectivity index (χ3n) is 5.05. The SMILES string of the molecule is CN(C)C(=O)Nc1cc(N2CCCCC2)ccc1N1CCCCC1. The highest BCUT2D eigenvalue weighted by Crippen LogP contribution is 2.33. The Labute approximate surface area is 145 Å². The van der Waals surface area contributed by atoms with Crippen LogP contribution in [0.2, 0.25) is 0 Å². The van der Waals surface area contributed by atoms with E-state index >= 15 is 0 Å². The van der Waals surface area contributed by atoms with Crippen molar-refractivity contribution in [2.24, 2.45) is 0 Å². The zero-order valence-electron chi connectivity index (χ0n) is 15.1. The van der Waals surface area contributed by atoms with Crippen molar-refractivity contribution in [2.45, 2.75) is 38.5 Å². The molecule has 1 aromatic carbocycles. The topological polar surface area (TPSA) is 38.8 Å². The van der Waals surface area contributed by atoms with Gasteiger partial charge in [-0.05, 0) is 56.7 Å². The zero-order chi connectivity index (χ0) is 16.9. The number of carbonyl (C=O) groups excluding carboxylic acids is 1. The van der Waals surface area contributed by atoms with Crippen LogP contribution < -0.4 is 15.1 Å². The van der Waals surface area contributed by atoms with Crippen molar-refractivity contribution in [1.29, 1.82) is 0 Å². The van der Waals surface area contributed by atoms with Crippen LogP contribution in [0.15, 0.2) is 18.2 Å². The summed E-state index contributed by atoms with van der Waals surface area (Å²) in [5.41, 5.74) is 3.33. The maximum Gasteiger partial charge on any atom is 0.321 e. The maximum atomic E-state index is 12.2. The summed E-state index contributed by atoms with van der Waals surface area (Å²) < 4.78 is 0. The van der Waals surface area contributed by atoms with Crippen LogP contribution >= 0.6 is 0 Å². The average molecular weight is 330 g/mol. The first-order chi connectivity index (χ1) is 11.6. The molecule has 0 aliphatic carbocycles. The Kier molecular flexibility index (Phi) is 5.48. The lowest BCUT2D eigenvalue weighted by Crippen LogP contribution is -2.33. The molecule has 3 rings (SSSR count). The predicted octanol–water partition coefficient (Wildman–Crippen LogP) is 3.76. The van der Waals surface area contributed by atoms with Crippen LogP contribution in [-0.2, 0) is 0 Å². The van der Waals surface area contributed by atoms with E-state index in [2.05, 4.69) is 33.3 Å². The van der Waals surface area contributed by atoms with Crippen LogP contribution in [0.5, 0.6) is 0 Å². The number of piperidine rings is 2. The molecule has 0 atom stereocenters. The van der Waals surface area contributed by atoms with Gasteiger partial charge in [0.25, 0.3) is 0 Å². The zero-order valence-corrected chi connectivity index (χ0v) is 15.1. The molecule has 0 bridgehead atoms. The van der Waals surface area contributed by atoms with Crippen molar-refractivity contribution in [3.8, 4) is 0 Å². The van der Waals surface area contributed by atoms with E-state index in [0.29, 0.717) is 0 Å². The summed E-state index contributed by atoms with van der Waals surface area (Å²) in [5, 5.41) is 3.11. The fraction of sp³-hybridized carbons (Fsp3) is 0.632. The van der Waals surface area contributed by atoms with Crippen molar-refractivity contribution in [3.05, 3.63) is 18.2 Å². The van der Waals surface area contributed by atoms with E-state index in [4.69, 9.17) is 0 Å². The van der Waals surface area contributed by atoms with E-state index in [-0.39, 0.29) is 6.03 Å². The van der Waals surface area contributed by atoms with Crippen LogP contribution in [0, 0.1) is 0 Å². The minimum atomic E-state index is -0.0657. The fourth-order valence-corrected chi connectivity index (χ4v) is 3.61. The summed E-state index contributed by atoms with van der Waals surface area (Å²) in [6.07, 6.45) is 7.61. The maximum absolute atomic E-state index is 12.2. The molecular weight excluding hydrogens is 300 g/mol. The van der Waals surface area contributed by atoms with Gasteiger partial charge in [-0.1, -0.05) is 0 Å². The Morgan fingerprint density at radius 1 is 0.917 bits per heavy atom. The number of anilines is 3. The first-order valence-electron chi connectivity index (χ1n) is 9.27. The van der Waals surface area contributed by atoms with Gasteiger partial charge in [0.05, 0.1) is 11.4 Å². The van der Waals surface area contributed by atoms with Crippen LogP contribution in [0.1, 0.15) is 38.5 Å². The van der Waals surface area contributed by atoms with Gasteiger partial charge in [-0.2, -0.15) is 0 Å². The molecule has 132 valence electrons. The summed E-state index contributed by atoms with van der Waals surface area (Å²) in [6, 6.07) is 6.52. The number of carbonyl (C=O) groups is 1. The summed E-state index contributed by atoms with van der Waals surface area (Å²) in [4.78, 5) is 18.7. The van der Waals surface area contributed by atoms with Crippen LogP contribution in [-0.4, -0.2) is 51.2 Å². The van der Waals surface area contributed by atoms with Crippen LogP contribution in [0.3, 0.4) is 0 Å². The molecule has 0 unspecified atom stereocenters. The van der Waals surface area contributed by atoms with Gasteiger partial charge in [-0.15, -0.1) is 0 Å². The lowest BCUT2D eigenvalue weighted by atomic mass is 10.1. The Balaban J connectivity index is 1.87. The summed E-state index contributed by atoms with van der Waals surface area (Å²) >= 11 is 0. The van der Waals surface area contributed by atoms with Gasteiger partial charge in [-0.3, -0.25) is 0 Å². The van der Waals surface area contributed by atoms with E-state index in [9.17, 15) is 4.79 Å². The number of amides is 2. The molecule has 0 spiro atoms. The van der Waals surface area contributed by atoms with E-state index in [1.54, 1.807) is 19.0 Å². The third-order valence-corrected chi connectivity index (χ3v) is 5.05. The Morgan fingerprint density at radius 3 is 2.08 bits per heavy atom. The van der Waals surface area contributed by atoms with Crippen LogP contribution in [0.4, 0.5) is 21.9 Å². The monoisotopic (exact) mass is 330 g/mol. The molecule has 5 nitrogen and oxygen atoms in total. The molecular formula is C19H30N4O. The van der Waals surface area contributed by atoms with Gasteiger partial charge >= 0.3 is 6.03 Å². The number of rotatable bonds is 3. The predicted molar refractivity (Wildman–Crippen MR) is 101 cm³/mol. The second-order valence-electron chi connectivity index (χ2n) is 7.12. The van der Waals surface area contributed by atoms with Crippen molar-refractivity contribution < 1.29 is 4.79 Å². The Morgan fingerprint density at radius 2 is 1.50 bits per heavy atom. The van der Waals surface area contributed by atoms with Gasteiger partial charge in [0, 0.05) is 46.0 Å². The number of hydrogen-bond donors (Lipinski definition) is 1. The third kappa shape index (κ3) is 3.94. The van der Waals surface area contributed by atoms with E-state index < -0.39 is 0 Å². The molecule has 2 heterocycles. The Bertz CT molecular complexity index is 560. The molecule has 0 aromatic heterocycles. The number of nitrogens with zero attached hydrogens (tertiary/aromatic N) is 3. The fourth-order valence-electron chi connectivity index (χ4n) is 3.61. The van der Waals surface area contributed by atoms with Crippen molar-refractivity contribution in [3.63, 3.8) is 0 Å². The molecule has 0 saturated carbocycles. The van der Waals surface area contributed by atoms with E-state index in [1.165, 1.54) is 44.2 Å². The van der Waals surface area contributed by atoms with Gasteiger partial charge in [0.2, 0.25) is 0 Å². The summed E-state index contributed by atoms with van der Waals surface area (Å²) in [7, 11) is 3.56. The quantitative estimate of drug-likeness (QED) is 0.917. The highest BCUT2D eigenvalue weighted by atomic mass is 16.2. The molecule has 2 fully saturated rings. The second-order valence-corrected chi connectivity index (χ2v) is 7.12. The van der Waals surface area contributed by atoms with Crippen molar-refractivity contribution in [2.75, 3.05) is 55.4 Å². The van der Waals surface area contributed by atoms with Gasteiger partial charge in [-0.25, -0.2) is 4.79 Å². The first kappa shape index (κ1) is 16.9. The van der Waals surface area contributed by atoms with Gasteiger partial charge < -0.3 is 20.0 Å². The molecule has 24 heavy (non-hydrogen) atoms. The molecule has 2 aliphatic rings. The lowest BCUT2D eigenvalue weighted by Gasteiger charge is -2.33. The minimum absolute atomic E-state index is 0.0657. The normalized spacial score (nSPS) is 18.4. The van der Waals surface area contributed by atoms with Crippen molar-refractivity contribution >= 4 is 23.1 Å². The molecule has 2 aliphatic heterocycles. The van der Waals surface area contributed by atoms with E-state index in [0.717, 1.165) is 37.6 Å². The molecule has 0 radical (unpaired) electrons. The smallest absolute Gasteiger partial charge is 0.321 e. The highest BCUT2D eigenvalue weighted by Gasteiger charge is 2.19. The molecule has 5 heteroatoms. The minimum Gasteiger partial charge on any atom is -0.371 e. The standard InChI is InChI=1S/C19H30N4O/c1-21(2)19(24)20-17-15-16(22-11-5-3-6-12-22)9-10-18(17)23-13-7-4-8-14-23/h9-10,15H,3-8,11-14H2,1-2H3,(H,20,24). The van der Waals surface area contributed by atoms with Crippen molar-refractivity contribution in [1.82, 2.24) is 4.90 Å². The largest absolute Gasteiger partial charge is 0.371 e. The summed E-state index contributed by atoms with van der Waals surface area (Å²) in [5.74, 6) is 0.